The molecule has 4 aromatic rings. The number of carbonyl (C=O) groups excluding carboxylic acids is 1. The fraction of sp³-hybridized carbons (Fsp3) is 0.448. The second kappa shape index (κ2) is 11.5. The van der Waals surface area contributed by atoms with Gasteiger partial charge in [0.2, 0.25) is 0 Å². The number of amides is 1. The predicted molar refractivity (Wildman–Crippen MR) is 158 cm³/mol. The molecular formula is C29H35N7O7. The number of carbonyl (C=O) groups is 1. The second-order valence-electron chi connectivity index (χ2n) is 11.5. The van der Waals surface area contributed by atoms with E-state index in [1.54, 1.807) is 74.5 Å². The van der Waals surface area contributed by atoms with Crippen molar-refractivity contribution in [1.82, 2.24) is 23.7 Å². The van der Waals surface area contributed by atoms with Crippen LogP contribution in [0.1, 0.15) is 50.9 Å². The molecule has 0 saturated carbocycles. The van der Waals surface area contributed by atoms with Crippen molar-refractivity contribution in [3.05, 3.63) is 68.5 Å². The molecule has 0 atom stereocenters. The Morgan fingerprint density at radius 3 is 2.47 bits per heavy atom. The normalized spacial score (nSPS) is 14.2. The molecule has 5 rings (SSSR count). The summed E-state index contributed by atoms with van der Waals surface area (Å²) in [6.45, 7) is 8.38. The summed E-state index contributed by atoms with van der Waals surface area (Å²) in [4.78, 5) is 47.3. The Bertz CT molecular complexity index is 1740. The maximum Gasteiger partial charge on any atom is 0.434 e. The van der Waals surface area contributed by atoms with E-state index in [4.69, 9.17) is 14.2 Å². The van der Waals surface area contributed by atoms with Crippen LogP contribution in [0.5, 0.6) is 5.75 Å². The largest absolute Gasteiger partial charge is 0.486 e. The number of benzene rings is 1. The lowest BCUT2D eigenvalue weighted by atomic mass is 10.1. The number of pyridine rings is 1. The van der Waals surface area contributed by atoms with E-state index in [2.05, 4.69) is 9.97 Å². The minimum absolute atomic E-state index is 0.0331. The number of imidazole rings is 2. The van der Waals surface area contributed by atoms with E-state index < -0.39 is 16.6 Å². The van der Waals surface area contributed by atoms with Gasteiger partial charge in [-0.3, -0.25) is 9.13 Å². The van der Waals surface area contributed by atoms with E-state index in [0.29, 0.717) is 65.6 Å². The number of nitro groups is 1. The molecule has 1 saturated heterocycles. The molecule has 14 heteroatoms. The van der Waals surface area contributed by atoms with Crippen LogP contribution in [0.15, 0.2) is 41.5 Å². The molecule has 0 spiro atoms. The topological polar surface area (TPSA) is 149 Å². The van der Waals surface area contributed by atoms with Gasteiger partial charge in [0.05, 0.1) is 30.0 Å². The van der Waals surface area contributed by atoms with E-state index in [1.807, 2.05) is 6.92 Å². The molecule has 1 aliphatic rings. The highest BCUT2D eigenvalue weighted by Gasteiger charge is 2.29. The van der Waals surface area contributed by atoms with Crippen LogP contribution in [0.25, 0.3) is 11.0 Å². The van der Waals surface area contributed by atoms with Crippen molar-refractivity contribution in [2.24, 2.45) is 14.1 Å². The van der Waals surface area contributed by atoms with Gasteiger partial charge < -0.3 is 24.3 Å². The van der Waals surface area contributed by atoms with E-state index in [1.165, 1.54) is 15.7 Å². The van der Waals surface area contributed by atoms with Crippen LogP contribution in [-0.2, 0) is 30.2 Å². The summed E-state index contributed by atoms with van der Waals surface area (Å²) in [5.41, 5.74) is 2.12. The lowest BCUT2D eigenvalue weighted by Gasteiger charge is -2.28. The maximum atomic E-state index is 13.7. The average Bonchev–Trinajstić information content (AvgIpc) is 3.44. The number of hydrogen-bond donors (Lipinski definition) is 0. The van der Waals surface area contributed by atoms with Crippen molar-refractivity contribution in [1.29, 1.82) is 0 Å². The van der Waals surface area contributed by atoms with E-state index >= 15 is 0 Å². The van der Waals surface area contributed by atoms with Crippen molar-refractivity contribution in [3.63, 3.8) is 0 Å². The summed E-state index contributed by atoms with van der Waals surface area (Å²) in [5, 5.41) is 11.1. The monoisotopic (exact) mass is 593 g/mol. The number of hydrogen-bond acceptors (Lipinski definition) is 9. The van der Waals surface area contributed by atoms with Crippen LogP contribution in [0, 0.1) is 17.0 Å². The van der Waals surface area contributed by atoms with Gasteiger partial charge in [0.25, 0.3) is 0 Å². The van der Waals surface area contributed by atoms with Crippen molar-refractivity contribution in [3.8, 4) is 5.75 Å². The van der Waals surface area contributed by atoms with Crippen molar-refractivity contribution in [2.75, 3.05) is 18.1 Å². The first-order valence-corrected chi connectivity index (χ1v) is 13.9. The molecule has 1 aromatic carbocycles. The van der Waals surface area contributed by atoms with Gasteiger partial charge in [-0.15, -0.1) is 0 Å². The minimum atomic E-state index is -0.779. The Morgan fingerprint density at radius 1 is 1.12 bits per heavy atom. The summed E-state index contributed by atoms with van der Waals surface area (Å²) in [5.74, 6) is 0.518. The zero-order chi connectivity index (χ0) is 31.1. The van der Waals surface area contributed by atoms with Gasteiger partial charge in [0, 0.05) is 32.4 Å². The number of aryl methyl sites for hydroxylation is 2. The summed E-state index contributed by atoms with van der Waals surface area (Å²) < 4.78 is 21.9. The first kappa shape index (κ1) is 29.8. The molecule has 14 nitrogen and oxygen atoms in total. The highest BCUT2D eigenvalue weighted by atomic mass is 16.6. The fourth-order valence-electron chi connectivity index (χ4n) is 5.15. The predicted octanol–water partition coefficient (Wildman–Crippen LogP) is 4.69. The number of rotatable bonds is 7. The molecule has 0 aliphatic carbocycles. The molecular weight excluding hydrogens is 558 g/mol. The van der Waals surface area contributed by atoms with Gasteiger partial charge in [-0.2, -0.15) is 0 Å². The van der Waals surface area contributed by atoms with Crippen molar-refractivity contribution in [2.45, 2.75) is 58.8 Å². The summed E-state index contributed by atoms with van der Waals surface area (Å²) in [7, 11) is 3.26. The molecule has 43 heavy (non-hydrogen) atoms. The summed E-state index contributed by atoms with van der Waals surface area (Å²) in [6.07, 6.45) is 3.78. The van der Waals surface area contributed by atoms with E-state index in [-0.39, 0.29) is 24.3 Å². The molecule has 4 heterocycles. The van der Waals surface area contributed by atoms with Gasteiger partial charge >= 0.3 is 17.7 Å². The molecule has 0 bridgehead atoms. The third-order valence-corrected chi connectivity index (χ3v) is 7.34. The number of nitrogens with zero attached hydrogens (tertiary/aromatic N) is 7. The Morgan fingerprint density at radius 2 is 1.84 bits per heavy atom. The molecule has 0 unspecified atom stereocenters. The smallest absolute Gasteiger partial charge is 0.434 e. The number of fused-ring (bicyclic) bond motifs is 1. The SMILES string of the molecule is Cc1cc(OCc2cnc([N+](=O)[O-])n2C)ccc1N(C(=O)OC(C)(C)C)c1cc2c(cn1)n(C)c(=O)n2C1CCOCC1. The molecule has 1 aliphatic heterocycles. The maximum absolute atomic E-state index is 13.7. The Balaban J connectivity index is 1.52. The van der Waals surface area contributed by atoms with Gasteiger partial charge in [0.1, 0.15) is 30.0 Å². The van der Waals surface area contributed by atoms with Crippen LogP contribution in [0.2, 0.25) is 0 Å². The first-order valence-electron chi connectivity index (χ1n) is 13.9. The van der Waals surface area contributed by atoms with Crippen LogP contribution in [0.4, 0.5) is 22.2 Å². The molecule has 1 amide bonds. The third kappa shape index (κ3) is 5.95. The summed E-state index contributed by atoms with van der Waals surface area (Å²) >= 11 is 0. The fourth-order valence-corrected chi connectivity index (χ4v) is 5.15. The quantitative estimate of drug-likeness (QED) is 0.220. The first-order chi connectivity index (χ1) is 20.4. The molecule has 1 fully saturated rings. The van der Waals surface area contributed by atoms with Crippen LogP contribution in [-0.4, -0.2) is 53.5 Å². The summed E-state index contributed by atoms with van der Waals surface area (Å²) in [6, 6.07) is 6.90. The number of ether oxygens (including phenoxy) is 3. The highest BCUT2D eigenvalue weighted by Crippen LogP contribution is 2.34. The Labute approximate surface area is 247 Å². The average molecular weight is 594 g/mol. The molecule has 0 N–H and O–H groups in total. The van der Waals surface area contributed by atoms with Crippen LogP contribution < -0.4 is 15.3 Å². The zero-order valence-electron chi connectivity index (χ0n) is 25.1. The molecule has 228 valence electrons. The van der Waals surface area contributed by atoms with Crippen molar-refractivity contribution < 1.29 is 23.9 Å². The van der Waals surface area contributed by atoms with Gasteiger partial charge in [-0.05, 0) is 69.2 Å². The highest BCUT2D eigenvalue weighted by molar-refractivity contribution is 5.97. The lowest BCUT2D eigenvalue weighted by Crippen LogP contribution is -2.34. The minimum Gasteiger partial charge on any atom is -0.486 e. The van der Waals surface area contributed by atoms with Crippen molar-refractivity contribution >= 4 is 34.6 Å². The Hall–Kier alpha value is -4.72. The lowest BCUT2D eigenvalue weighted by molar-refractivity contribution is -0.396. The Kier molecular flexibility index (Phi) is 7.97. The standard InChI is InChI=1S/C29H35N7O7/c1-18-13-21(42-17-20-15-31-26(32(20)5)36(39)40)7-8-22(18)35(28(38)43-29(2,3)4)25-14-23-24(16-30-25)33(6)27(37)34(23)19-9-11-41-12-10-19/h7-8,13-16,19H,9-12,17H2,1-6H3. The third-order valence-electron chi connectivity index (χ3n) is 7.34. The molecule has 3 aromatic heterocycles. The van der Waals surface area contributed by atoms with Gasteiger partial charge in [-0.1, -0.05) is 4.98 Å². The van der Waals surface area contributed by atoms with Crippen LogP contribution in [0.3, 0.4) is 0 Å². The molecule has 0 radical (unpaired) electrons. The second-order valence-corrected chi connectivity index (χ2v) is 11.5. The number of aromatic nitrogens is 5. The van der Waals surface area contributed by atoms with E-state index in [9.17, 15) is 19.7 Å². The van der Waals surface area contributed by atoms with E-state index in [0.717, 1.165) is 0 Å². The number of anilines is 2. The van der Waals surface area contributed by atoms with Crippen LogP contribution >= 0.6 is 0 Å². The zero-order valence-corrected chi connectivity index (χ0v) is 25.1. The van der Waals surface area contributed by atoms with Gasteiger partial charge in [0.15, 0.2) is 5.69 Å². The van der Waals surface area contributed by atoms with Gasteiger partial charge in [-0.25, -0.2) is 24.0 Å².